The van der Waals surface area contributed by atoms with E-state index in [1.54, 1.807) is 37.4 Å². The second-order valence-corrected chi connectivity index (χ2v) is 9.14. The first-order valence-corrected chi connectivity index (χ1v) is 12.0. The summed E-state index contributed by atoms with van der Waals surface area (Å²) < 4.78 is 11.0. The third-order valence-electron chi connectivity index (χ3n) is 5.79. The Bertz CT molecular complexity index is 1210. The van der Waals surface area contributed by atoms with Gasteiger partial charge in [0.15, 0.2) is 0 Å². The second-order valence-electron chi connectivity index (χ2n) is 8.11. The molecule has 7 heteroatoms. The highest BCUT2D eigenvalue weighted by Crippen LogP contribution is 2.41. The number of aryl methyl sites for hydroxylation is 1. The predicted molar refractivity (Wildman–Crippen MR) is 132 cm³/mol. The summed E-state index contributed by atoms with van der Waals surface area (Å²) in [7, 11) is 1.58. The molecule has 1 aliphatic rings. The van der Waals surface area contributed by atoms with E-state index in [9.17, 15) is 14.7 Å². The molecule has 2 heterocycles. The molecule has 6 nitrogen and oxygen atoms in total. The largest absolute Gasteiger partial charge is 0.507 e. The highest BCUT2D eigenvalue weighted by Gasteiger charge is 2.46. The number of rotatable bonds is 8. The number of thiophene rings is 1. The van der Waals surface area contributed by atoms with Gasteiger partial charge in [-0.15, -0.1) is 11.3 Å². The van der Waals surface area contributed by atoms with Crippen molar-refractivity contribution in [3.63, 3.8) is 0 Å². The van der Waals surface area contributed by atoms with Crippen LogP contribution in [0.1, 0.15) is 41.0 Å². The van der Waals surface area contributed by atoms with Crippen molar-refractivity contribution in [3.8, 4) is 11.5 Å². The van der Waals surface area contributed by atoms with Crippen molar-refractivity contribution in [3.05, 3.63) is 87.1 Å². The van der Waals surface area contributed by atoms with E-state index in [4.69, 9.17) is 9.47 Å². The van der Waals surface area contributed by atoms with Crippen molar-refractivity contribution in [2.24, 2.45) is 0 Å². The lowest BCUT2D eigenvalue weighted by Crippen LogP contribution is -2.28. The van der Waals surface area contributed by atoms with Gasteiger partial charge in [0.2, 0.25) is 0 Å². The quantitative estimate of drug-likeness (QED) is 0.264. The minimum Gasteiger partial charge on any atom is -0.507 e. The number of ketones is 1. The third-order valence-corrected chi connectivity index (χ3v) is 6.65. The topological polar surface area (TPSA) is 76.1 Å². The number of aliphatic hydroxyl groups excluding tert-OH is 1. The Morgan fingerprint density at radius 2 is 1.88 bits per heavy atom. The van der Waals surface area contributed by atoms with Gasteiger partial charge in [-0.3, -0.25) is 9.59 Å². The maximum absolute atomic E-state index is 13.2. The predicted octanol–water partition coefficient (Wildman–Crippen LogP) is 5.48. The molecule has 1 aromatic heterocycles. The number of ether oxygens (including phenoxy) is 2. The summed E-state index contributed by atoms with van der Waals surface area (Å²) >= 11 is 1.51. The van der Waals surface area contributed by atoms with Crippen LogP contribution in [0.5, 0.6) is 11.5 Å². The van der Waals surface area contributed by atoms with Crippen molar-refractivity contribution in [1.29, 1.82) is 0 Å². The van der Waals surface area contributed by atoms with E-state index < -0.39 is 17.7 Å². The molecular formula is C27H27NO5S. The molecule has 2 aromatic carbocycles. The number of carbonyl (C=O) groups excluding carboxylic acids is 2. The molecule has 1 amide bonds. The molecule has 1 unspecified atom stereocenters. The van der Waals surface area contributed by atoms with Crippen LogP contribution >= 0.6 is 11.3 Å². The number of nitrogens with zero attached hydrogens (tertiary/aromatic N) is 1. The molecule has 3 aromatic rings. The number of hydrogen-bond donors (Lipinski definition) is 1. The third kappa shape index (κ3) is 4.56. The smallest absolute Gasteiger partial charge is 0.295 e. The van der Waals surface area contributed by atoms with E-state index in [-0.39, 0.29) is 17.9 Å². The van der Waals surface area contributed by atoms with E-state index >= 15 is 0 Å². The second kappa shape index (κ2) is 10.1. The Kier molecular flexibility index (Phi) is 7.03. The number of methoxy groups -OCH3 is 1. The highest BCUT2D eigenvalue weighted by atomic mass is 32.1. The summed E-state index contributed by atoms with van der Waals surface area (Å²) in [5, 5.41) is 13.2. The van der Waals surface area contributed by atoms with E-state index in [0.29, 0.717) is 17.9 Å². The van der Waals surface area contributed by atoms with Crippen molar-refractivity contribution < 1.29 is 24.2 Å². The minimum atomic E-state index is -0.718. The zero-order chi connectivity index (χ0) is 24.2. The molecule has 0 aliphatic carbocycles. The van der Waals surface area contributed by atoms with E-state index in [1.165, 1.54) is 16.2 Å². The van der Waals surface area contributed by atoms with E-state index in [1.807, 2.05) is 43.5 Å². The molecule has 176 valence electrons. The SMILES string of the molecule is CCCOc1ccc(/C(O)=C2/C(=O)C(=O)N(Cc3cccs3)C2c2ccc(OC)cc2)cc1C. The zero-order valence-corrected chi connectivity index (χ0v) is 20.2. The van der Waals surface area contributed by atoms with E-state index in [2.05, 4.69) is 0 Å². The fourth-order valence-corrected chi connectivity index (χ4v) is 4.78. The average Bonchev–Trinajstić information content (AvgIpc) is 3.45. The lowest BCUT2D eigenvalue weighted by Gasteiger charge is -2.25. The molecule has 1 aliphatic heterocycles. The van der Waals surface area contributed by atoms with Crippen LogP contribution in [-0.4, -0.2) is 35.4 Å². The van der Waals surface area contributed by atoms with Crippen LogP contribution in [-0.2, 0) is 16.1 Å². The van der Waals surface area contributed by atoms with Crippen LogP contribution in [0.4, 0.5) is 0 Å². The standard InChI is InChI=1S/C27H27NO5S/c1-4-13-33-22-12-9-19(15-17(22)2)25(29)23-24(18-7-10-20(32-3)11-8-18)28(27(31)26(23)30)16-21-6-5-14-34-21/h5-12,14-15,24,29H,4,13,16H2,1-3H3/b25-23-. The average molecular weight is 478 g/mol. The number of Topliss-reactive ketones (excluding diaryl/α,β-unsaturated/α-hetero) is 1. The Morgan fingerprint density at radius 3 is 2.50 bits per heavy atom. The van der Waals surface area contributed by atoms with Crippen LogP contribution in [0.25, 0.3) is 5.76 Å². The van der Waals surface area contributed by atoms with Gasteiger partial charge in [-0.1, -0.05) is 25.1 Å². The number of amides is 1. The fourth-order valence-electron chi connectivity index (χ4n) is 4.07. The van der Waals surface area contributed by atoms with Gasteiger partial charge in [-0.25, -0.2) is 0 Å². The fraction of sp³-hybridized carbons (Fsp3) is 0.259. The van der Waals surface area contributed by atoms with Crippen molar-refractivity contribution >= 4 is 28.8 Å². The summed E-state index contributed by atoms with van der Waals surface area (Å²) in [6.07, 6.45) is 0.886. The first-order chi connectivity index (χ1) is 16.4. The summed E-state index contributed by atoms with van der Waals surface area (Å²) in [4.78, 5) is 28.8. The molecular weight excluding hydrogens is 450 g/mol. The minimum absolute atomic E-state index is 0.0772. The highest BCUT2D eigenvalue weighted by molar-refractivity contribution is 7.09. The summed E-state index contributed by atoms with van der Waals surface area (Å²) in [6.45, 7) is 4.79. The Morgan fingerprint density at radius 1 is 1.12 bits per heavy atom. The van der Waals surface area contributed by atoms with Crippen LogP contribution in [0.2, 0.25) is 0 Å². The number of carbonyl (C=O) groups is 2. The van der Waals surface area contributed by atoms with Crippen LogP contribution in [0.15, 0.2) is 65.6 Å². The number of hydrogen-bond acceptors (Lipinski definition) is 6. The molecule has 34 heavy (non-hydrogen) atoms. The van der Waals surface area contributed by atoms with Gasteiger partial charge >= 0.3 is 0 Å². The van der Waals surface area contributed by atoms with Crippen molar-refractivity contribution in [1.82, 2.24) is 4.90 Å². The molecule has 1 fully saturated rings. The van der Waals surface area contributed by atoms with Gasteiger partial charge < -0.3 is 19.5 Å². The molecule has 0 bridgehead atoms. The van der Waals surface area contributed by atoms with Gasteiger partial charge in [-0.05, 0) is 66.2 Å². The Hall–Kier alpha value is -3.58. The van der Waals surface area contributed by atoms with Crippen LogP contribution in [0, 0.1) is 6.92 Å². The first-order valence-electron chi connectivity index (χ1n) is 11.1. The Labute approximate surface area is 203 Å². The Balaban J connectivity index is 1.80. The molecule has 4 rings (SSSR count). The molecule has 0 radical (unpaired) electrons. The molecule has 1 saturated heterocycles. The van der Waals surface area contributed by atoms with Gasteiger partial charge in [0.05, 0.1) is 31.9 Å². The number of aliphatic hydroxyl groups is 1. The molecule has 1 N–H and O–H groups in total. The van der Waals surface area contributed by atoms with Crippen molar-refractivity contribution in [2.45, 2.75) is 32.9 Å². The maximum Gasteiger partial charge on any atom is 0.295 e. The molecule has 1 atom stereocenters. The van der Waals surface area contributed by atoms with Gasteiger partial charge in [0.1, 0.15) is 17.3 Å². The molecule has 0 spiro atoms. The zero-order valence-electron chi connectivity index (χ0n) is 19.4. The van der Waals surface area contributed by atoms with Gasteiger partial charge in [0, 0.05) is 10.4 Å². The lowest BCUT2D eigenvalue weighted by atomic mass is 9.94. The first kappa shape index (κ1) is 23.6. The molecule has 0 saturated carbocycles. The number of benzene rings is 2. The summed E-state index contributed by atoms with van der Waals surface area (Å²) in [5.41, 5.74) is 2.10. The van der Waals surface area contributed by atoms with Gasteiger partial charge in [-0.2, -0.15) is 0 Å². The lowest BCUT2D eigenvalue weighted by molar-refractivity contribution is -0.140. The van der Waals surface area contributed by atoms with Crippen LogP contribution in [0.3, 0.4) is 0 Å². The summed E-state index contributed by atoms with van der Waals surface area (Å²) in [5.74, 6) is -0.132. The maximum atomic E-state index is 13.2. The summed E-state index contributed by atoms with van der Waals surface area (Å²) in [6, 6.07) is 15.6. The normalized spacial score (nSPS) is 17.3. The van der Waals surface area contributed by atoms with Gasteiger partial charge in [0.25, 0.3) is 11.7 Å². The van der Waals surface area contributed by atoms with Crippen LogP contribution < -0.4 is 9.47 Å². The monoisotopic (exact) mass is 477 g/mol. The van der Waals surface area contributed by atoms with E-state index in [0.717, 1.165) is 28.2 Å². The number of likely N-dealkylation sites (tertiary alicyclic amines) is 1. The van der Waals surface area contributed by atoms with Crippen molar-refractivity contribution in [2.75, 3.05) is 13.7 Å².